The van der Waals surface area contributed by atoms with Gasteiger partial charge < -0.3 is 5.73 Å². The summed E-state index contributed by atoms with van der Waals surface area (Å²) in [6.07, 6.45) is 0.769. The van der Waals surface area contributed by atoms with Crippen LogP contribution >= 0.6 is 11.6 Å². The van der Waals surface area contributed by atoms with Gasteiger partial charge in [0.15, 0.2) is 5.82 Å². The van der Waals surface area contributed by atoms with Gasteiger partial charge in [0.2, 0.25) is 0 Å². The van der Waals surface area contributed by atoms with E-state index in [-0.39, 0.29) is 6.04 Å². The summed E-state index contributed by atoms with van der Waals surface area (Å²) in [5.74, 6) is 0.947. The minimum Gasteiger partial charge on any atom is -0.328 e. The lowest BCUT2D eigenvalue weighted by atomic mass is 10.1. The molecule has 104 valence electrons. The molecule has 0 aliphatic heterocycles. The van der Waals surface area contributed by atoms with Crippen LogP contribution in [0.2, 0.25) is 5.02 Å². The monoisotopic (exact) mass is 281 g/mol. The second-order valence-corrected chi connectivity index (χ2v) is 5.47. The van der Waals surface area contributed by atoms with Crippen LogP contribution in [0.5, 0.6) is 0 Å². The van der Waals surface area contributed by atoms with Crippen LogP contribution in [0.1, 0.15) is 29.6 Å². The topological polar surface area (TPSA) is 61.7 Å². The number of nitrogens with zero attached hydrogens (tertiary/aromatic N) is 4. The van der Waals surface area contributed by atoms with Gasteiger partial charge in [0.1, 0.15) is 0 Å². The first-order valence-corrected chi connectivity index (χ1v) is 6.70. The Hall–Kier alpha value is -1.33. The third-order valence-corrected chi connectivity index (χ3v) is 3.79. The Labute approximate surface area is 118 Å². The Morgan fingerprint density at radius 1 is 1.21 bits per heavy atom. The molecular formula is C13H20ClN5. The van der Waals surface area contributed by atoms with E-state index in [4.69, 9.17) is 17.3 Å². The second-order valence-electron chi connectivity index (χ2n) is 5.09. The van der Waals surface area contributed by atoms with Crippen LogP contribution in [-0.2, 0) is 13.5 Å². The molecule has 2 N–H and O–H groups in total. The molecule has 2 aromatic rings. The van der Waals surface area contributed by atoms with Crippen LogP contribution in [0, 0.1) is 20.8 Å². The number of hydrogen-bond donors (Lipinski definition) is 1. The van der Waals surface area contributed by atoms with E-state index < -0.39 is 0 Å². The molecule has 0 bridgehead atoms. The van der Waals surface area contributed by atoms with Gasteiger partial charge in [-0.3, -0.25) is 4.68 Å². The van der Waals surface area contributed by atoms with E-state index in [1.54, 1.807) is 0 Å². The molecule has 5 nitrogen and oxygen atoms in total. The summed E-state index contributed by atoms with van der Waals surface area (Å²) in [5.41, 5.74) is 9.79. The molecule has 0 aliphatic carbocycles. The van der Waals surface area contributed by atoms with Crippen molar-refractivity contribution in [1.29, 1.82) is 0 Å². The summed E-state index contributed by atoms with van der Waals surface area (Å²) in [6, 6.07) is 0.0779. The smallest absolute Gasteiger partial charge is 0.155 e. The lowest BCUT2D eigenvalue weighted by Gasteiger charge is -2.10. The van der Waals surface area contributed by atoms with Gasteiger partial charge >= 0.3 is 0 Å². The highest BCUT2D eigenvalue weighted by Gasteiger charge is 2.20. The maximum atomic E-state index is 6.23. The largest absolute Gasteiger partial charge is 0.328 e. The molecule has 0 radical (unpaired) electrons. The number of nitrogens with two attached hydrogens (primary N) is 1. The highest BCUT2D eigenvalue weighted by molar-refractivity contribution is 6.31. The predicted octanol–water partition coefficient (Wildman–Crippen LogP) is 2.07. The number of halogens is 1. The second kappa shape index (κ2) is 4.98. The highest BCUT2D eigenvalue weighted by atomic mass is 35.5. The molecule has 0 fully saturated rings. The lowest BCUT2D eigenvalue weighted by molar-refractivity contribution is 0.672. The molecular weight excluding hydrogens is 262 g/mol. The van der Waals surface area contributed by atoms with E-state index in [0.29, 0.717) is 5.02 Å². The van der Waals surface area contributed by atoms with E-state index in [2.05, 4.69) is 10.2 Å². The number of hydrogen-bond acceptors (Lipinski definition) is 3. The zero-order valence-electron chi connectivity index (χ0n) is 12.0. The maximum Gasteiger partial charge on any atom is 0.155 e. The van der Waals surface area contributed by atoms with Crippen LogP contribution in [-0.4, -0.2) is 25.6 Å². The average Bonchev–Trinajstić information content (AvgIpc) is 2.71. The van der Waals surface area contributed by atoms with E-state index in [0.717, 1.165) is 34.9 Å². The summed E-state index contributed by atoms with van der Waals surface area (Å²) >= 11 is 6.23. The fraction of sp³-hybridized carbons (Fsp3) is 0.538. The summed E-state index contributed by atoms with van der Waals surface area (Å²) < 4.78 is 3.69. The van der Waals surface area contributed by atoms with Crippen LogP contribution in [0.4, 0.5) is 0 Å². The molecule has 0 saturated heterocycles. The van der Waals surface area contributed by atoms with Crippen LogP contribution in [0.25, 0.3) is 5.82 Å². The lowest BCUT2D eigenvalue weighted by Crippen LogP contribution is -2.20. The zero-order chi connectivity index (χ0) is 14.3. The number of aromatic nitrogens is 4. The first kappa shape index (κ1) is 14.1. The first-order chi connectivity index (χ1) is 8.82. The summed E-state index contributed by atoms with van der Waals surface area (Å²) in [4.78, 5) is 0. The normalized spacial score (nSPS) is 13.0. The summed E-state index contributed by atoms with van der Waals surface area (Å²) in [5, 5.41) is 9.68. The van der Waals surface area contributed by atoms with Gasteiger partial charge in [-0.15, -0.1) is 0 Å². The third kappa shape index (κ3) is 2.40. The molecule has 6 heteroatoms. The number of rotatable bonds is 3. The fourth-order valence-electron chi connectivity index (χ4n) is 2.35. The van der Waals surface area contributed by atoms with Crippen molar-refractivity contribution in [3.05, 3.63) is 27.7 Å². The van der Waals surface area contributed by atoms with Gasteiger partial charge in [0.25, 0.3) is 0 Å². The van der Waals surface area contributed by atoms with E-state index in [9.17, 15) is 0 Å². The molecule has 1 unspecified atom stereocenters. The van der Waals surface area contributed by atoms with Crippen molar-refractivity contribution in [1.82, 2.24) is 19.6 Å². The fourth-order valence-corrected chi connectivity index (χ4v) is 2.46. The molecule has 2 aromatic heterocycles. The van der Waals surface area contributed by atoms with Gasteiger partial charge in [-0.25, -0.2) is 4.68 Å². The molecule has 0 saturated carbocycles. The summed E-state index contributed by atoms with van der Waals surface area (Å²) in [7, 11) is 1.91. The van der Waals surface area contributed by atoms with Crippen molar-refractivity contribution in [2.75, 3.05) is 0 Å². The van der Waals surface area contributed by atoms with Crippen LogP contribution < -0.4 is 5.73 Å². The third-order valence-electron chi connectivity index (χ3n) is 3.24. The van der Waals surface area contributed by atoms with Gasteiger partial charge in [0, 0.05) is 18.7 Å². The van der Waals surface area contributed by atoms with Gasteiger partial charge in [-0.1, -0.05) is 11.6 Å². The molecule has 0 aliphatic rings. The Kier molecular flexibility index (Phi) is 3.69. The molecule has 0 aromatic carbocycles. The maximum absolute atomic E-state index is 6.23. The summed E-state index contributed by atoms with van der Waals surface area (Å²) in [6.45, 7) is 7.85. The standard InChI is InChI=1S/C13H20ClN5/c1-7(15)6-11-8(2)16-18(5)13(11)19-10(4)12(14)9(3)17-19/h7H,6,15H2,1-5H3. The van der Waals surface area contributed by atoms with Crippen molar-refractivity contribution in [3.8, 4) is 5.82 Å². The molecule has 0 amide bonds. The van der Waals surface area contributed by atoms with Gasteiger partial charge in [-0.2, -0.15) is 10.2 Å². The van der Waals surface area contributed by atoms with Crippen molar-refractivity contribution >= 4 is 11.6 Å². The average molecular weight is 282 g/mol. The van der Waals surface area contributed by atoms with Crippen molar-refractivity contribution in [2.45, 2.75) is 40.2 Å². The van der Waals surface area contributed by atoms with E-state index >= 15 is 0 Å². The van der Waals surface area contributed by atoms with Crippen molar-refractivity contribution < 1.29 is 0 Å². The van der Waals surface area contributed by atoms with E-state index in [1.807, 2.05) is 44.1 Å². The molecule has 19 heavy (non-hydrogen) atoms. The molecule has 0 spiro atoms. The van der Waals surface area contributed by atoms with Crippen LogP contribution in [0.3, 0.4) is 0 Å². The Bertz CT molecular complexity index is 609. The zero-order valence-corrected chi connectivity index (χ0v) is 12.8. The highest BCUT2D eigenvalue weighted by Crippen LogP contribution is 2.25. The minimum absolute atomic E-state index is 0.0779. The Morgan fingerprint density at radius 2 is 1.84 bits per heavy atom. The Balaban J connectivity index is 2.64. The van der Waals surface area contributed by atoms with Gasteiger partial charge in [0.05, 0.1) is 22.1 Å². The molecule has 2 rings (SSSR count). The SMILES string of the molecule is Cc1nn(-c2c(CC(C)N)c(C)nn2C)c(C)c1Cl. The Morgan fingerprint density at radius 3 is 2.32 bits per heavy atom. The predicted molar refractivity (Wildman–Crippen MR) is 76.9 cm³/mol. The molecule has 1 atom stereocenters. The van der Waals surface area contributed by atoms with Crippen molar-refractivity contribution in [3.63, 3.8) is 0 Å². The quantitative estimate of drug-likeness (QED) is 0.937. The molecule has 2 heterocycles. The van der Waals surface area contributed by atoms with E-state index in [1.165, 1.54) is 0 Å². The van der Waals surface area contributed by atoms with Crippen molar-refractivity contribution in [2.24, 2.45) is 12.8 Å². The first-order valence-electron chi connectivity index (χ1n) is 6.33. The van der Waals surface area contributed by atoms with Gasteiger partial charge in [-0.05, 0) is 34.1 Å². The number of aryl methyl sites for hydroxylation is 3. The van der Waals surface area contributed by atoms with Crippen LogP contribution in [0.15, 0.2) is 0 Å². The minimum atomic E-state index is 0.0779.